The zero-order chi connectivity index (χ0) is 15.7. The number of alkyl halides is 3. The first-order chi connectivity index (χ1) is 8.94. The number of halogens is 3. The third-order valence-electron chi connectivity index (χ3n) is 2.49. The molecule has 0 saturated heterocycles. The summed E-state index contributed by atoms with van der Waals surface area (Å²) in [7, 11) is 0. The van der Waals surface area contributed by atoms with Gasteiger partial charge in [-0.2, -0.15) is 13.2 Å². The number of carboxylic acids is 1. The van der Waals surface area contributed by atoms with Crippen LogP contribution in [0.5, 0.6) is 0 Å². The monoisotopic (exact) mass is 289 g/mol. The van der Waals surface area contributed by atoms with Crippen LogP contribution in [0.2, 0.25) is 0 Å². The summed E-state index contributed by atoms with van der Waals surface area (Å²) >= 11 is 0. The highest BCUT2D eigenvalue weighted by Gasteiger charge is 2.46. The summed E-state index contributed by atoms with van der Waals surface area (Å²) in [6, 6.07) is 4.66. The van der Waals surface area contributed by atoms with E-state index in [2.05, 4.69) is 0 Å². The number of hydrogen-bond donors (Lipinski definition) is 1. The molecule has 7 heteroatoms. The van der Waals surface area contributed by atoms with Gasteiger partial charge in [0.05, 0.1) is 5.56 Å². The van der Waals surface area contributed by atoms with Gasteiger partial charge in [0, 0.05) is 11.2 Å². The van der Waals surface area contributed by atoms with Crippen molar-refractivity contribution in [2.75, 3.05) is 4.90 Å². The lowest BCUT2D eigenvalue weighted by atomic mass is 10.0. The Bertz CT molecular complexity index is 515. The van der Waals surface area contributed by atoms with E-state index in [9.17, 15) is 22.8 Å². The molecule has 0 atom stereocenters. The Morgan fingerprint density at radius 1 is 1.05 bits per heavy atom. The average molecular weight is 289 g/mol. The van der Waals surface area contributed by atoms with E-state index in [1.165, 1.54) is 32.9 Å². The van der Waals surface area contributed by atoms with Crippen LogP contribution in [-0.4, -0.2) is 28.7 Å². The average Bonchev–Trinajstić information content (AvgIpc) is 2.26. The highest BCUT2D eigenvalue weighted by atomic mass is 19.4. The second kappa shape index (κ2) is 5.15. The van der Waals surface area contributed by atoms with Crippen molar-refractivity contribution in [3.05, 3.63) is 29.8 Å². The van der Waals surface area contributed by atoms with Gasteiger partial charge in [0.15, 0.2) is 0 Å². The van der Waals surface area contributed by atoms with Crippen LogP contribution in [0, 0.1) is 0 Å². The topological polar surface area (TPSA) is 57.6 Å². The van der Waals surface area contributed by atoms with Crippen LogP contribution in [0.1, 0.15) is 31.1 Å². The maximum absolute atomic E-state index is 12.6. The molecule has 20 heavy (non-hydrogen) atoms. The van der Waals surface area contributed by atoms with Crippen LogP contribution in [0.3, 0.4) is 0 Å². The SMILES string of the molecule is CC(C)(C)N(C(=O)C(F)(F)F)c1ccc(C(=O)O)cc1. The van der Waals surface area contributed by atoms with E-state index in [1.54, 1.807) is 0 Å². The van der Waals surface area contributed by atoms with E-state index >= 15 is 0 Å². The van der Waals surface area contributed by atoms with E-state index < -0.39 is 23.6 Å². The summed E-state index contributed by atoms with van der Waals surface area (Å²) in [6.07, 6.45) is -5.00. The number of anilines is 1. The van der Waals surface area contributed by atoms with Crippen molar-refractivity contribution in [2.45, 2.75) is 32.5 Å². The van der Waals surface area contributed by atoms with Gasteiger partial charge in [-0.3, -0.25) is 9.69 Å². The Morgan fingerprint density at radius 3 is 1.80 bits per heavy atom. The van der Waals surface area contributed by atoms with Crippen LogP contribution >= 0.6 is 0 Å². The highest BCUT2D eigenvalue weighted by Crippen LogP contribution is 2.30. The summed E-state index contributed by atoms with van der Waals surface area (Å²) in [5.74, 6) is -3.19. The summed E-state index contributed by atoms with van der Waals surface area (Å²) in [5.41, 5.74) is -1.18. The Kier molecular flexibility index (Phi) is 4.12. The number of benzene rings is 1. The molecule has 0 fully saturated rings. The predicted molar refractivity (Wildman–Crippen MR) is 66.7 cm³/mol. The normalized spacial score (nSPS) is 12.1. The maximum atomic E-state index is 12.6. The Labute approximate surface area is 113 Å². The van der Waals surface area contributed by atoms with Gasteiger partial charge in [0.2, 0.25) is 0 Å². The molecule has 1 aromatic rings. The molecule has 0 aliphatic carbocycles. The van der Waals surface area contributed by atoms with Crippen molar-refractivity contribution >= 4 is 17.6 Å². The minimum Gasteiger partial charge on any atom is -0.478 e. The molecule has 0 heterocycles. The van der Waals surface area contributed by atoms with Crippen LogP contribution in [0.4, 0.5) is 18.9 Å². The molecular weight excluding hydrogens is 275 g/mol. The molecule has 1 aromatic carbocycles. The molecule has 0 bridgehead atoms. The highest BCUT2D eigenvalue weighted by molar-refractivity contribution is 5.99. The fourth-order valence-electron chi connectivity index (χ4n) is 1.69. The van der Waals surface area contributed by atoms with E-state index in [0.717, 1.165) is 12.1 Å². The molecule has 1 N–H and O–H groups in total. The van der Waals surface area contributed by atoms with Crippen molar-refractivity contribution in [3.8, 4) is 0 Å². The number of carbonyl (C=O) groups is 2. The number of nitrogens with zero attached hydrogens (tertiary/aromatic N) is 1. The number of carboxylic acid groups (broad SMARTS) is 1. The second-order valence-corrected chi connectivity index (χ2v) is 5.16. The quantitative estimate of drug-likeness (QED) is 0.910. The van der Waals surface area contributed by atoms with Gasteiger partial charge >= 0.3 is 18.1 Å². The van der Waals surface area contributed by atoms with E-state index in [1.807, 2.05) is 0 Å². The fourth-order valence-corrected chi connectivity index (χ4v) is 1.69. The minimum absolute atomic E-state index is 0.00942. The van der Waals surface area contributed by atoms with Gasteiger partial charge in [-0.25, -0.2) is 4.79 Å². The third-order valence-corrected chi connectivity index (χ3v) is 2.49. The van der Waals surface area contributed by atoms with Crippen LogP contribution in [-0.2, 0) is 4.79 Å². The van der Waals surface area contributed by atoms with E-state index in [-0.39, 0.29) is 11.3 Å². The zero-order valence-corrected chi connectivity index (χ0v) is 11.2. The number of carbonyl (C=O) groups excluding carboxylic acids is 1. The Morgan fingerprint density at radius 2 is 1.50 bits per heavy atom. The molecule has 110 valence electrons. The number of rotatable bonds is 2. The molecule has 4 nitrogen and oxygen atoms in total. The van der Waals surface area contributed by atoms with E-state index in [0.29, 0.717) is 4.90 Å². The summed E-state index contributed by atoms with van der Waals surface area (Å²) in [5, 5.41) is 8.75. The molecular formula is C13H14F3NO3. The van der Waals surface area contributed by atoms with E-state index in [4.69, 9.17) is 5.11 Å². The largest absolute Gasteiger partial charge is 0.478 e. The first kappa shape index (κ1) is 16.0. The van der Waals surface area contributed by atoms with Gasteiger partial charge in [0.1, 0.15) is 0 Å². The first-order valence-corrected chi connectivity index (χ1v) is 5.69. The molecule has 0 saturated carbocycles. The smallest absolute Gasteiger partial charge is 0.471 e. The molecule has 0 aliphatic rings. The molecule has 1 rings (SSSR count). The number of amides is 1. The van der Waals surface area contributed by atoms with Gasteiger partial charge in [-0.05, 0) is 45.0 Å². The van der Waals surface area contributed by atoms with Crippen LogP contribution in [0.25, 0.3) is 0 Å². The zero-order valence-electron chi connectivity index (χ0n) is 11.2. The van der Waals surface area contributed by atoms with Crippen molar-refractivity contribution < 1.29 is 27.9 Å². The molecule has 1 amide bonds. The van der Waals surface area contributed by atoms with Gasteiger partial charge in [-0.15, -0.1) is 0 Å². The maximum Gasteiger partial charge on any atom is 0.471 e. The molecule has 0 unspecified atom stereocenters. The van der Waals surface area contributed by atoms with Gasteiger partial charge in [0.25, 0.3) is 0 Å². The third kappa shape index (κ3) is 3.49. The minimum atomic E-state index is -5.00. The summed E-state index contributed by atoms with van der Waals surface area (Å²) in [6.45, 7) is 4.38. The molecule has 0 radical (unpaired) electrons. The first-order valence-electron chi connectivity index (χ1n) is 5.69. The lowest BCUT2D eigenvalue weighted by molar-refractivity contribution is -0.171. The van der Waals surface area contributed by atoms with Crippen molar-refractivity contribution in [2.24, 2.45) is 0 Å². The van der Waals surface area contributed by atoms with Crippen LogP contribution in [0.15, 0.2) is 24.3 Å². The molecule has 0 aromatic heterocycles. The number of hydrogen-bond acceptors (Lipinski definition) is 2. The Balaban J connectivity index is 3.26. The van der Waals surface area contributed by atoms with Crippen molar-refractivity contribution in [1.29, 1.82) is 0 Å². The van der Waals surface area contributed by atoms with Gasteiger partial charge < -0.3 is 5.11 Å². The summed E-state index contributed by atoms with van der Waals surface area (Å²) in [4.78, 5) is 22.8. The van der Waals surface area contributed by atoms with Crippen molar-refractivity contribution in [3.63, 3.8) is 0 Å². The predicted octanol–water partition coefficient (Wildman–Crippen LogP) is 3.08. The number of aromatic carboxylic acids is 1. The Hall–Kier alpha value is -2.05. The molecule has 0 aliphatic heterocycles. The van der Waals surface area contributed by atoms with Gasteiger partial charge in [-0.1, -0.05) is 0 Å². The fraction of sp³-hybridized carbons (Fsp3) is 0.385. The standard InChI is InChI=1S/C13H14F3NO3/c1-12(2,3)17(11(20)13(14,15)16)9-6-4-8(5-7-9)10(18)19/h4-7H,1-3H3,(H,18,19). The summed E-state index contributed by atoms with van der Waals surface area (Å²) < 4.78 is 37.9. The second-order valence-electron chi connectivity index (χ2n) is 5.16. The van der Waals surface area contributed by atoms with Crippen LogP contribution < -0.4 is 4.90 Å². The lowest BCUT2D eigenvalue weighted by Gasteiger charge is -2.36. The van der Waals surface area contributed by atoms with Crippen molar-refractivity contribution in [1.82, 2.24) is 0 Å². The lowest BCUT2D eigenvalue weighted by Crippen LogP contribution is -2.51. The molecule has 0 spiro atoms.